The SMILES string of the molecule is CCCC(NC(=O)CCCN)C(=O)N1CCc2sccc2C1. The van der Waals surface area contributed by atoms with Gasteiger partial charge in [0.25, 0.3) is 0 Å². The van der Waals surface area contributed by atoms with Gasteiger partial charge in [-0.05, 0) is 42.8 Å². The van der Waals surface area contributed by atoms with Crippen LogP contribution in [0.3, 0.4) is 0 Å². The van der Waals surface area contributed by atoms with Crippen molar-refractivity contribution in [3.05, 3.63) is 21.9 Å². The molecule has 1 aliphatic heterocycles. The summed E-state index contributed by atoms with van der Waals surface area (Å²) in [6.07, 6.45) is 3.50. The van der Waals surface area contributed by atoms with E-state index in [4.69, 9.17) is 5.73 Å². The van der Waals surface area contributed by atoms with Gasteiger partial charge in [-0.25, -0.2) is 0 Å². The molecule has 0 spiro atoms. The summed E-state index contributed by atoms with van der Waals surface area (Å²) in [5.41, 5.74) is 6.67. The Morgan fingerprint density at radius 2 is 2.32 bits per heavy atom. The van der Waals surface area contributed by atoms with Crippen LogP contribution in [-0.4, -0.2) is 35.8 Å². The van der Waals surface area contributed by atoms with Crippen molar-refractivity contribution in [3.63, 3.8) is 0 Å². The van der Waals surface area contributed by atoms with Crippen LogP contribution in [0.1, 0.15) is 43.0 Å². The minimum atomic E-state index is -0.407. The topological polar surface area (TPSA) is 75.4 Å². The Bertz CT molecular complexity index is 515. The van der Waals surface area contributed by atoms with E-state index in [1.165, 1.54) is 10.4 Å². The highest BCUT2D eigenvalue weighted by molar-refractivity contribution is 7.10. The maximum Gasteiger partial charge on any atom is 0.245 e. The van der Waals surface area contributed by atoms with E-state index in [-0.39, 0.29) is 11.8 Å². The molecule has 3 N–H and O–H groups in total. The lowest BCUT2D eigenvalue weighted by atomic mass is 10.1. The van der Waals surface area contributed by atoms with Gasteiger partial charge in [-0.2, -0.15) is 0 Å². The lowest BCUT2D eigenvalue weighted by molar-refractivity contribution is -0.137. The van der Waals surface area contributed by atoms with Crippen LogP contribution in [0.4, 0.5) is 0 Å². The maximum atomic E-state index is 12.7. The molecule has 1 aliphatic rings. The molecule has 2 amide bonds. The first-order valence-corrected chi connectivity index (χ1v) is 8.87. The van der Waals surface area contributed by atoms with Crippen LogP contribution < -0.4 is 11.1 Å². The lowest BCUT2D eigenvalue weighted by Crippen LogP contribution is -2.49. The maximum absolute atomic E-state index is 12.7. The van der Waals surface area contributed by atoms with Crippen LogP contribution >= 0.6 is 11.3 Å². The van der Waals surface area contributed by atoms with Crippen molar-refractivity contribution in [3.8, 4) is 0 Å². The fraction of sp³-hybridized carbons (Fsp3) is 0.625. The van der Waals surface area contributed by atoms with E-state index in [0.29, 0.717) is 32.4 Å². The van der Waals surface area contributed by atoms with Gasteiger partial charge >= 0.3 is 0 Å². The van der Waals surface area contributed by atoms with E-state index in [1.807, 2.05) is 11.8 Å². The van der Waals surface area contributed by atoms with Crippen LogP contribution in [0, 0.1) is 0 Å². The molecule has 0 radical (unpaired) electrons. The Morgan fingerprint density at radius 1 is 1.50 bits per heavy atom. The summed E-state index contributed by atoms with van der Waals surface area (Å²) < 4.78 is 0. The van der Waals surface area contributed by atoms with E-state index >= 15 is 0 Å². The molecule has 5 nitrogen and oxygen atoms in total. The molecular weight excluding hydrogens is 298 g/mol. The summed E-state index contributed by atoms with van der Waals surface area (Å²) in [6.45, 7) is 3.92. The number of nitrogens with two attached hydrogens (primary N) is 1. The van der Waals surface area contributed by atoms with Crippen LogP contribution in [0.5, 0.6) is 0 Å². The van der Waals surface area contributed by atoms with Gasteiger partial charge in [0.1, 0.15) is 6.04 Å². The van der Waals surface area contributed by atoms with Gasteiger partial charge in [-0.15, -0.1) is 11.3 Å². The molecule has 1 aromatic heterocycles. The van der Waals surface area contributed by atoms with Gasteiger partial charge < -0.3 is 16.0 Å². The number of hydrogen-bond acceptors (Lipinski definition) is 4. The minimum Gasteiger partial charge on any atom is -0.344 e. The average Bonchev–Trinajstić information content (AvgIpc) is 2.99. The first-order chi connectivity index (χ1) is 10.7. The zero-order chi connectivity index (χ0) is 15.9. The predicted molar refractivity (Wildman–Crippen MR) is 88.6 cm³/mol. The second-order valence-corrected chi connectivity index (χ2v) is 6.68. The molecule has 2 heterocycles. The number of carbonyl (C=O) groups is 2. The summed E-state index contributed by atoms with van der Waals surface area (Å²) in [4.78, 5) is 27.9. The number of nitrogens with one attached hydrogen (secondary N) is 1. The van der Waals surface area contributed by atoms with Crippen molar-refractivity contribution < 1.29 is 9.59 Å². The number of rotatable bonds is 7. The molecule has 2 rings (SSSR count). The third kappa shape index (κ3) is 4.30. The Kier molecular flexibility index (Phi) is 6.39. The van der Waals surface area contributed by atoms with Crippen molar-refractivity contribution in [2.45, 2.75) is 51.6 Å². The minimum absolute atomic E-state index is 0.0415. The zero-order valence-electron chi connectivity index (χ0n) is 13.1. The monoisotopic (exact) mass is 323 g/mol. The summed E-state index contributed by atoms with van der Waals surface area (Å²) in [6, 6.07) is 1.68. The van der Waals surface area contributed by atoms with Gasteiger partial charge in [0.15, 0.2) is 0 Å². The van der Waals surface area contributed by atoms with Gasteiger partial charge in [-0.1, -0.05) is 13.3 Å². The number of hydrogen-bond donors (Lipinski definition) is 2. The molecule has 122 valence electrons. The third-order valence-electron chi connectivity index (χ3n) is 3.94. The van der Waals surface area contributed by atoms with E-state index < -0.39 is 6.04 Å². The van der Waals surface area contributed by atoms with Crippen molar-refractivity contribution in [1.82, 2.24) is 10.2 Å². The molecule has 1 atom stereocenters. The van der Waals surface area contributed by atoms with Gasteiger partial charge in [0, 0.05) is 24.4 Å². The number of thiophene rings is 1. The summed E-state index contributed by atoms with van der Waals surface area (Å²) in [5, 5.41) is 4.96. The van der Waals surface area contributed by atoms with Gasteiger partial charge in [0.05, 0.1) is 0 Å². The number of fused-ring (bicyclic) bond motifs is 1. The summed E-state index contributed by atoms with van der Waals surface area (Å²) in [5.74, 6) is -0.0368. The lowest BCUT2D eigenvalue weighted by Gasteiger charge is -2.31. The van der Waals surface area contributed by atoms with Crippen molar-refractivity contribution in [2.75, 3.05) is 13.1 Å². The molecule has 0 bridgehead atoms. The second kappa shape index (κ2) is 8.29. The second-order valence-electron chi connectivity index (χ2n) is 5.68. The number of carbonyl (C=O) groups excluding carboxylic acids is 2. The van der Waals surface area contributed by atoms with Crippen LogP contribution in [0.15, 0.2) is 11.4 Å². The molecule has 0 saturated heterocycles. The quantitative estimate of drug-likeness (QED) is 0.801. The molecule has 1 aromatic rings. The largest absolute Gasteiger partial charge is 0.344 e. The fourth-order valence-corrected chi connectivity index (χ4v) is 3.62. The third-order valence-corrected chi connectivity index (χ3v) is 4.96. The zero-order valence-corrected chi connectivity index (χ0v) is 14.0. The fourth-order valence-electron chi connectivity index (χ4n) is 2.73. The highest BCUT2D eigenvalue weighted by Crippen LogP contribution is 2.24. The molecule has 0 fully saturated rings. The Balaban J connectivity index is 1.96. The van der Waals surface area contributed by atoms with Gasteiger partial charge in [-0.3, -0.25) is 9.59 Å². The van der Waals surface area contributed by atoms with Crippen LogP contribution in [-0.2, 0) is 22.6 Å². The van der Waals surface area contributed by atoms with E-state index in [1.54, 1.807) is 11.3 Å². The molecular formula is C16H25N3O2S. The van der Waals surface area contributed by atoms with Crippen molar-refractivity contribution >= 4 is 23.2 Å². The van der Waals surface area contributed by atoms with Crippen molar-refractivity contribution in [2.24, 2.45) is 5.73 Å². The highest BCUT2D eigenvalue weighted by atomic mass is 32.1. The van der Waals surface area contributed by atoms with Crippen molar-refractivity contribution in [1.29, 1.82) is 0 Å². The Labute approximate surface area is 135 Å². The first kappa shape index (κ1) is 17.0. The molecule has 22 heavy (non-hydrogen) atoms. The van der Waals surface area contributed by atoms with E-state index in [0.717, 1.165) is 19.4 Å². The molecule has 0 saturated carbocycles. The standard InChI is InChI=1S/C16H25N3O2S/c1-2-4-13(18-15(20)5-3-8-17)16(21)19-9-6-14-12(11-19)7-10-22-14/h7,10,13H,2-6,8-9,11,17H2,1H3,(H,18,20). The molecule has 6 heteroatoms. The smallest absolute Gasteiger partial charge is 0.245 e. The van der Waals surface area contributed by atoms with Gasteiger partial charge in [0.2, 0.25) is 11.8 Å². The summed E-state index contributed by atoms with van der Waals surface area (Å²) >= 11 is 1.76. The average molecular weight is 323 g/mol. The molecule has 0 aromatic carbocycles. The number of nitrogens with zero attached hydrogens (tertiary/aromatic N) is 1. The summed E-state index contributed by atoms with van der Waals surface area (Å²) in [7, 11) is 0. The van der Waals surface area contributed by atoms with E-state index in [9.17, 15) is 9.59 Å². The van der Waals surface area contributed by atoms with Crippen LogP contribution in [0.2, 0.25) is 0 Å². The predicted octanol–water partition coefficient (Wildman–Crippen LogP) is 1.66. The number of amides is 2. The molecule has 1 unspecified atom stereocenters. The van der Waals surface area contributed by atoms with Crippen LogP contribution in [0.25, 0.3) is 0 Å². The normalized spacial score (nSPS) is 15.3. The highest BCUT2D eigenvalue weighted by Gasteiger charge is 2.28. The Hall–Kier alpha value is -1.40. The van der Waals surface area contributed by atoms with E-state index in [2.05, 4.69) is 16.8 Å². The first-order valence-electron chi connectivity index (χ1n) is 7.99. The molecule has 0 aliphatic carbocycles. The Morgan fingerprint density at radius 3 is 3.05 bits per heavy atom.